The normalized spacial score (nSPS) is 20.0. The molecular weight excluding hydrogens is 315 g/mol. The van der Waals surface area contributed by atoms with Crippen LogP contribution in [0.4, 0.5) is 4.39 Å². The first kappa shape index (κ1) is 18.4. The lowest BCUT2D eigenvalue weighted by Crippen LogP contribution is -2.40. The van der Waals surface area contributed by atoms with Crippen LogP contribution in [0, 0.1) is 11.7 Å². The fourth-order valence-corrected chi connectivity index (χ4v) is 4.27. The average molecular weight is 337 g/mol. The first-order valence-corrected chi connectivity index (χ1v) is 8.54. The average Bonchev–Trinajstić information content (AvgIpc) is 2.42. The third-order valence-corrected chi connectivity index (χ3v) is 5.53. The molecule has 7 heteroatoms. The van der Waals surface area contributed by atoms with Crippen molar-refractivity contribution in [2.45, 2.75) is 25.0 Å². The van der Waals surface area contributed by atoms with Gasteiger partial charge in [-0.25, -0.2) is 17.1 Å². The molecule has 4 nitrogen and oxygen atoms in total. The summed E-state index contributed by atoms with van der Waals surface area (Å²) in [5.74, 6) is -0.0633. The molecule has 2 rings (SSSR count). The lowest BCUT2D eigenvalue weighted by atomic mass is 9.96. The lowest BCUT2D eigenvalue weighted by Gasteiger charge is -2.31. The van der Waals surface area contributed by atoms with Gasteiger partial charge in [-0.3, -0.25) is 0 Å². The van der Waals surface area contributed by atoms with E-state index >= 15 is 0 Å². The summed E-state index contributed by atoms with van der Waals surface area (Å²) >= 11 is 0. The van der Waals surface area contributed by atoms with Gasteiger partial charge in [-0.15, -0.1) is 12.4 Å². The predicted molar refractivity (Wildman–Crippen MR) is 84.2 cm³/mol. The first-order chi connectivity index (χ1) is 9.51. The lowest BCUT2D eigenvalue weighted by molar-refractivity contribution is 0.258. The Hall–Kier alpha value is -0.690. The van der Waals surface area contributed by atoms with Gasteiger partial charge in [0, 0.05) is 13.1 Å². The quantitative estimate of drug-likeness (QED) is 0.896. The Labute approximate surface area is 132 Å². The Morgan fingerprint density at radius 1 is 1.29 bits per heavy atom. The molecule has 1 unspecified atom stereocenters. The number of rotatable bonds is 5. The molecule has 0 bridgehead atoms. The Balaban J connectivity index is 0.00000220. The van der Waals surface area contributed by atoms with Gasteiger partial charge in [0.05, 0.1) is 5.75 Å². The number of hydrogen-bond donors (Lipinski definition) is 1. The highest BCUT2D eigenvalue weighted by atomic mass is 35.5. The predicted octanol–water partition coefficient (Wildman–Crippen LogP) is 2.14. The Bertz CT molecular complexity index is 534. The summed E-state index contributed by atoms with van der Waals surface area (Å²) < 4.78 is 39.2. The molecular formula is C14H22ClFN2O2S. The van der Waals surface area contributed by atoms with Crippen molar-refractivity contribution < 1.29 is 12.8 Å². The monoisotopic (exact) mass is 336 g/mol. The van der Waals surface area contributed by atoms with Gasteiger partial charge < -0.3 is 5.73 Å². The van der Waals surface area contributed by atoms with Crippen LogP contribution < -0.4 is 5.73 Å². The van der Waals surface area contributed by atoms with Crippen molar-refractivity contribution in [3.8, 4) is 0 Å². The second kappa shape index (κ2) is 8.08. The van der Waals surface area contributed by atoms with E-state index in [-0.39, 0.29) is 24.0 Å². The second-order valence-corrected chi connectivity index (χ2v) is 7.30. The molecule has 0 aromatic heterocycles. The zero-order valence-corrected chi connectivity index (χ0v) is 13.5. The van der Waals surface area contributed by atoms with Gasteiger partial charge in [0.15, 0.2) is 0 Å². The van der Waals surface area contributed by atoms with Crippen LogP contribution in [0.1, 0.15) is 24.8 Å². The van der Waals surface area contributed by atoms with Crippen LogP contribution in [-0.4, -0.2) is 32.4 Å². The van der Waals surface area contributed by atoms with Gasteiger partial charge in [0.1, 0.15) is 5.82 Å². The molecule has 1 saturated heterocycles. The van der Waals surface area contributed by atoms with E-state index in [1.54, 1.807) is 4.31 Å². The third kappa shape index (κ3) is 5.21. The largest absolute Gasteiger partial charge is 0.330 e. The fourth-order valence-electron chi connectivity index (χ4n) is 2.63. The van der Waals surface area contributed by atoms with Crippen LogP contribution in [0.25, 0.3) is 0 Å². The number of nitrogens with two attached hydrogens (primary N) is 1. The van der Waals surface area contributed by atoms with Crippen LogP contribution in [0.2, 0.25) is 0 Å². The van der Waals surface area contributed by atoms with Crippen LogP contribution in [0.15, 0.2) is 24.3 Å². The van der Waals surface area contributed by atoms with Crippen molar-refractivity contribution in [2.75, 3.05) is 19.6 Å². The Kier molecular flexibility index (Phi) is 7.06. The molecule has 120 valence electrons. The van der Waals surface area contributed by atoms with Crippen LogP contribution in [0.3, 0.4) is 0 Å². The number of benzene rings is 1. The van der Waals surface area contributed by atoms with Gasteiger partial charge in [0.2, 0.25) is 10.0 Å². The van der Waals surface area contributed by atoms with Crippen molar-refractivity contribution in [1.29, 1.82) is 0 Å². The van der Waals surface area contributed by atoms with E-state index in [0.29, 0.717) is 31.1 Å². The van der Waals surface area contributed by atoms with Crippen molar-refractivity contribution in [3.63, 3.8) is 0 Å². The molecule has 0 amide bonds. The molecule has 0 radical (unpaired) electrons. The van der Waals surface area contributed by atoms with Crippen LogP contribution in [0.5, 0.6) is 0 Å². The van der Waals surface area contributed by atoms with Crippen molar-refractivity contribution in [1.82, 2.24) is 4.31 Å². The van der Waals surface area contributed by atoms with E-state index in [9.17, 15) is 12.8 Å². The van der Waals surface area contributed by atoms with Gasteiger partial charge in [-0.05, 0) is 49.4 Å². The molecule has 0 aliphatic carbocycles. The van der Waals surface area contributed by atoms with E-state index in [1.807, 2.05) is 0 Å². The summed E-state index contributed by atoms with van der Waals surface area (Å²) in [5, 5.41) is 0. The Morgan fingerprint density at radius 3 is 2.57 bits per heavy atom. The highest BCUT2D eigenvalue weighted by Crippen LogP contribution is 2.23. The van der Waals surface area contributed by atoms with E-state index in [0.717, 1.165) is 19.3 Å². The summed E-state index contributed by atoms with van der Waals surface area (Å²) in [5.41, 5.74) is 6.17. The number of halogens is 2. The maximum Gasteiger partial charge on any atom is 0.218 e. The zero-order valence-electron chi connectivity index (χ0n) is 11.9. The molecule has 0 spiro atoms. The number of nitrogens with zero attached hydrogens (tertiary/aromatic N) is 1. The maximum atomic E-state index is 12.8. The van der Waals surface area contributed by atoms with Crippen molar-refractivity contribution in [2.24, 2.45) is 11.7 Å². The summed E-state index contributed by atoms with van der Waals surface area (Å²) in [7, 11) is -3.33. The van der Waals surface area contributed by atoms with Crippen molar-refractivity contribution in [3.05, 3.63) is 35.6 Å². The van der Waals surface area contributed by atoms with Gasteiger partial charge in [-0.2, -0.15) is 0 Å². The summed E-state index contributed by atoms with van der Waals surface area (Å²) in [6.45, 7) is 1.72. The Morgan fingerprint density at radius 2 is 1.95 bits per heavy atom. The maximum absolute atomic E-state index is 12.8. The van der Waals surface area contributed by atoms with Crippen molar-refractivity contribution >= 4 is 22.4 Å². The minimum absolute atomic E-state index is 0. The molecule has 0 saturated carbocycles. The highest BCUT2D eigenvalue weighted by Gasteiger charge is 2.28. The van der Waals surface area contributed by atoms with E-state index in [2.05, 4.69) is 0 Å². The van der Waals surface area contributed by atoms with E-state index in [1.165, 1.54) is 24.3 Å². The molecule has 1 fully saturated rings. The molecule has 1 aliphatic heterocycles. The minimum atomic E-state index is -3.33. The molecule has 1 aromatic carbocycles. The minimum Gasteiger partial charge on any atom is -0.330 e. The van der Waals surface area contributed by atoms with Gasteiger partial charge in [0.25, 0.3) is 0 Å². The fraction of sp³-hybridized carbons (Fsp3) is 0.571. The first-order valence-electron chi connectivity index (χ1n) is 6.93. The summed E-state index contributed by atoms with van der Waals surface area (Å²) in [6, 6.07) is 5.62. The SMILES string of the molecule is Cl.NCCC1CCCN(S(=O)(=O)Cc2ccc(F)cc2)C1. The molecule has 2 N–H and O–H groups in total. The van der Waals surface area contributed by atoms with Gasteiger partial charge >= 0.3 is 0 Å². The van der Waals surface area contributed by atoms with Crippen LogP contribution >= 0.6 is 12.4 Å². The summed E-state index contributed by atoms with van der Waals surface area (Å²) in [4.78, 5) is 0. The number of hydrogen-bond acceptors (Lipinski definition) is 3. The highest BCUT2D eigenvalue weighted by molar-refractivity contribution is 7.88. The standard InChI is InChI=1S/C14H21FN2O2S.ClH/c15-14-5-3-13(4-6-14)11-20(18,19)17-9-1-2-12(10-17)7-8-16;/h3-6,12H,1-2,7-11,16H2;1H. The second-order valence-electron chi connectivity index (χ2n) is 5.33. The zero-order chi connectivity index (χ0) is 14.6. The molecule has 1 aliphatic rings. The number of piperidine rings is 1. The molecule has 1 aromatic rings. The van der Waals surface area contributed by atoms with Crippen LogP contribution in [-0.2, 0) is 15.8 Å². The number of sulfonamides is 1. The molecule has 21 heavy (non-hydrogen) atoms. The smallest absolute Gasteiger partial charge is 0.218 e. The third-order valence-electron chi connectivity index (χ3n) is 3.71. The van der Waals surface area contributed by atoms with Gasteiger partial charge in [-0.1, -0.05) is 12.1 Å². The topological polar surface area (TPSA) is 63.4 Å². The summed E-state index contributed by atoms with van der Waals surface area (Å²) in [6.07, 6.45) is 2.79. The van der Waals surface area contributed by atoms with E-state index in [4.69, 9.17) is 5.73 Å². The molecule has 1 atom stereocenters. The van der Waals surface area contributed by atoms with E-state index < -0.39 is 10.0 Å². The molecule has 1 heterocycles.